The standard InChI is InChI=1S/C18H26N2O3S/c1-4-16-7-5-6-10-19(16)24(22,23)17-8-9-18-15(12-17)11-13(2)20(18)14(3)21/h8-9,12-13,16H,4-7,10-11H2,1-3H3/t13-,16-/m0/s1. The largest absolute Gasteiger partial charge is 0.309 e. The van der Waals surface area contributed by atoms with E-state index in [0.717, 1.165) is 36.9 Å². The highest BCUT2D eigenvalue weighted by atomic mass is 32.2. The number of hydrogen-bond donors (Lipinski definition) is 0. The van der Waals surface area contributed by atoms with Gasteiger partial charge < -0.3 is 4.90 Å². The smallest absolute Gasteiger partial charge is 0.243 e. The molecule has 2 aliphatic rings. The molecule has 24 heavy (non-hydrogen) atoms. The van der Waals surface area contributed by atoms with Gasteiger partial charge in [-0.15, -0.1) is 0 Å². The monoisotopic (exact) mass is 350 g/mol. The van der Waals surface area contributed by atoms with Gasteiger partial charge in [0.15, 0.2) is 0 Å². The van der Waals surface area contributed by atoms with Gasteiger partial charge in [0.2, 0.25) is 15.9 Å². The Kier molecular flexibility index (Phi) is 4.71. The fourth-order valence-corrected chi connectivity index (χ4v) is 5.90. The summed E-state index contributed by atoms with van der Waals surface area (Å²) in [5.41, 5.74) is 1.79. The van der Waals surface area contributed by atoms with E-state index in [1.807, 2.05) is 13.8 Å². The van der Waals surface area contributed by atoms with Crippen LogP contribution >= 0.6 is 0 Å². The summed E-state index contributed by atoms with van der Waals surface area (Å²) < 4.78 is 27.9. The fourth-order valence-electron chi connectivity index (χ4n) is 4.08. The van der Waals surface area contributed by atoms with Crippen LogP contribution in [0.15, 0.2) is 23.1 Å². The lowest BCUT2D eigenvalue weighted by atomic mass is 10.0. The highest BCUT2D eigenvalue weighted by Gasteiger charge is 2.35. The highest BCUT2D eigenvalue weighted by Crippen LogP contribution is 2.35. The van der Waals surface area contributed by atoms with Crippen LogP contribution in [0.1, 0.15) is 52.0 Å². The van der Waals surface area contributed by atoms with Crippen molar-refractivity contribution in [2.24, 2.45) is 0 Å². The van der Waals surface area contributed by atoms with E-state index in [1.165, 1.54) is 0 Å². The molecule has 0 aromatic heterocycles. The Morgan fingerprint density at radius 1 is 1.29 bits per heavy atom. The number of carbonyl (C=O) groups is 1. The van der Waals surface area contributed by atoms with Crippen LogP contribution in [-0.2, 0) is 21.2 Å². The number of carbonyl (C=O) groups excluding carboxylic acids is 1. The van der Waals surface area contributed by atoms with Crippen molar-refractivity contribution in [3.8, 4) is 0 Å². The van der Waals surface area contributed by atoms with Gasteiger partial charge in [-0.1, -0.05) is 13.3 Å². The molecular formula is C18H26N2O3S. The maximum atomic E-state index is 13.1. The minimum absolute atomic E-state index is 0.000986. The quantitative estimate of drug-likeness (QED) is 0.842. The number of benzene rings is 1. The molecule has 6 heteroatoms. The normalized spacial score (nSPS) is 24.9. The van der Waals surface area contributed by atoms with Crippen LogP contribution in [0, 0.1) is 0 Å². The number of fused-ring (bicyclic) bond motifs is 1. The zero-order valence-electron chi connectivity index (χ0n) is 14.7. The molecule has 5 nitrogen and oxygen atoms in total. The van der Waals surface area contributed by atoms with Crippen LogP contribution in [0.4, 0.5) is 5.69 Å². The van der Waals surface area contributed by atoms with Crippen LogP contribution in [0.5, 0.6) is 0 Å². The number of nitrogens with zero attached hydrogens (tertiary/aromatic N) is 2. The van der Waals surface area contributed by atoms with Crippen molar-refractivity contribution < 1.29 is 13.2 Å². The summed E-state index contributed by atoms with van der Waals surface area (Å²) in [7, 11) is -3.47. The van der Waals surface area contributed by atoms with Crippen LogP contribution in [-0.4, -0.2) is 37.3 Å². The Balaban J connectivity index is 1.96. The number of rotatable bonds is 3. The molecule has 1 saturated heterocycles. The molecule has 1 aromatic rings. The molecule has 2 atom stereocenters. The molecule has 0 radical (unpaired) electrons. The number of piperidine rings is 1. The van der Waals surface area contributed by atoms with Crippen molar-refractivity contribution in [3.05, 3.63) is 23.8 Å². The zero-order chi connectivity index (χ0) is 17.5. The lowest BCUT2D eigenvalue weighted by Gasteiger charge is -2.34. The number of amides is 1. The first-order valence-corrected chi connectivity index (χ1v) is 10.2. The number of sulfonamides is 1. The van der Waals surface area contributed by atoms with Crippen LogP contribution in [0.25, 0.3) is 0 Å². The molecule has 0 aliphatic carbocycles. The zero-order valence-corrected chi connectivity index (χ0v) is 15.5. The van der Waals surface area contributed by atoms with Gasteiger partial charge in [0.1, 0.15) is 0 Å². The molecule has 2 aliphatic heterocycles. The van der Waals surface area contributed by atoms with Crippen molar-refractivity contribution in [2.75, 3.05) is 11.4 Å². The molecule has 0 bridgehead atoms. The molecule has 0 unspecified atom stereocenters. The van der Waals surface area contributed by atoms with Gasteiger partial charge in [-0.05, 0) is 56.4 Å². The average Bonchev–Trinajstić information content (AvgIpc) is 2.89. The summed E-state index contributed by atoms with van der Waals surface area (Å²) in [5.74, 6) is -0.000986. The molecule has 1 aromatic carbocycles. The number of anilines is 1. The molecule has 0 spiro atoms. The van der Waals surface area contributed by atoms with Gasteiger partial charge >= 0.3 is 0 Å². The van der Waals surface area contributed by atoms with E-state index in [2.05, 4.69) is 0 Å². The van der Waals surface area contributed by atoms with E-state index in [1.54, 1.807) is 34.3 Å². The second-order valence-corrected chi connectivity index (χ2v) is 8.80. The Morgan fingerprint density at radius 3 is 2.71 bits per heavy atom. The second kappa shape index (κ2) is 6.48. The first-order valence-electron chi connectivity index (χ1n) is 8.80. The summed E-state index contributed by atoms with van der Waals surface area (Å²) in [6.07, 6.45) is 4.51. The van der Waals surface area contributed by atoms with E-state index in [-0.39, 0.29) is 18.0 Å². The third kappa shape index (κ3) is 2.86. The lowest BCUT2D eigenvalue weighted by Crippen LogP contribution is -2.43. The van der Waals surface area contributed by atoms with Gasteiger partial charge in [0, 0.05) is 31.2 Å². The Hall–Kier alpha value is -1.40. The third-order valence-corrected chi connectivity index (χ3v) is 7.20. The predicted octanol–water partition coefficient (Wildman–Crippen LogP) is 2.94. The Bertz CT molecular complexity index is 745. The summed E-state index contributed by atoms with van der Waals surface area (Å²) in [6, 6.07) is 5.39. The van der Waals surface area contributed by atoms with Gasteiger partial charge in [0.05, 0.1) is 4.90 Å². The molecule has 1 fully saturated rings. The average molecular weight is 350 g/mol. The summed E-state index contributed by atoms with van der Waals surface area (Å²) in [4.78, 5) is 13.9. The molecule has 1 amide bonds. The molecule has 0 saturated carbocycles. The first kappa shape index (κ1) is 17.4. The maximum Gasteiger partial charge on any atom is 0.243 e. The van der Waals surface area contributed by atoms with Crippen LogP contribution < -0.4 is 4.90 Å². The van der Waals surface area contributed by atoms with E-state index in [4.69, 9.17) is 0 Å². The van der Waals surface area contributed by atoms with Crippen molar-refractivity contribution >= 4 is 21.6 Å². The second-order valence-electron chi connectivity index (χ2n) is 6.91. The summed E-state index contributed by atoms with van der Waals surface area (Å²) in [5, 5.41) is 0. The summed E-state index contributed by atoms with van der Waals surface area (Å²) in [6.45, 7) is 6.20. The molecular weight excluding hydrogens is 324 g/mol. The van der Waals surface area contributed by atoms with Crippen LogP contribution in [0.2, 0.25) is 0 Å². The first-order chi connectivity index (χ1) is 11.4. The van der Waals surface area contributed by atoms with Gasteiger partial charge in [-0.2, -0.15) is 4.31 Å². The summed E-state index contributed by atoms with van der Waals surface area (Å²) >= 11 is 0. The van der Waals surface area contributed by atoms with Crippen molar-refractivity contribution in [2.45, 2.75) is 69.9 Å². The SMILES string of the molecule is CC[C@H]1CCCCN1S(=O)(=O)c1ccc2c(c1)C[C@H](C)N2C(C)=O. The topological polar surface area (TPSA) is 57.7 Å². The van der Waals surface area contributed by atoms with Crippen LogP contribution in [0.3, 0.4) is 0 Å². The highest BCUT2D eigenvalue weighted by molar-refractivity contribution is 7.89. The van der Waals surface area contributed by atoms with E-state index < -0.39 is 10.0 Å². The van der Waals surface area contributed by atoms with Gasteiger partial charge in [0.25, 0.3) is 0 Å². The van der Waals surface area contributed by atoms with Gasteiger partial charge in [-0.3, -0.25) is 4.79 Å². The lowest BCUT2D eigenvalue weighted by molar-refractivity contribution is -0.116. The Labute approximate surface area is 144 Å². The molecule has 0 N–H and O–H groups in total. The van der Waals surface area contributed by atoms with Crippen molar-refractivity contribution in [1.82, 2.24) is 4.31 Å². The minimum Gasteiger partial charge on any atom is -0.309 e. The molecule has 3 rings (SSSR count). The molecule has 132 valence electrons. The minimum atomic E-state index is -3.47. The van der Waals surface area contributed by atoms with Crippen molar-refractivity contribution in [1.29, 1.82) is 0 Å². The van der Waals surface area contributed by atoms with E-state index in [9.17, 15) is 13.2 Å². The van der Waals surface area contributed by atoms with E-state index >= 15 is 0 Å². The fraction of sp³-hybridized carbons (Fsp3) is 0.611. The molecule has 2 heterocycles. The predicted molar refractivity (Wildman–Crippen MR) is 94.6 cm³/mol. The maximum absolute atomic E-state index is 13.1. The van der Waals surface area contributed by atoms with E-state index in [0.29, 0.717) is 17.9 Å². The van der Waals surface area contributed by atoms with Crippen molar-refractivity contribution in [3.63, 3.8) is 0 Å². The van der Waals surface area contributed by atoms with Gasteiger partial charge in [-0.25, -0.2) is 8.42 Å². The number of hydrogen-bond acceptors (Lipinski definition) is 3. The third-order valence-electron chi connectivity index (χ3n) is 5.26. The Morgan fingerprint density at radius 2 is 2.04 bits per heavy atom.